The minimum absolute atomic E-state index is 0.0583. The molecular weight excluding hydrogens is 322 g/mol. The number of hydrogen-bond donors (Lipinski definition) is 1. The number of amides is 3. The SMILES string of the molecule is CNCCC[C@H]1C(=O)N(C2CCCC2)CC2N1C(=O)CN(C)N2C=O. The molecular formula is C17H29N5O3. The van der Waals surface area contributed by atoms with Gasteiger partial charge < -0.3 is 15.1 Å². The summed E-state index contributed by atoms with van der Waals surface area (Å²) in [6.07, 6.45) is 6.16. The van der Waals surface area contributed by atoms with E-state index < -0.39 is 6.04 Å². The molecule has 2 saturated heterocycles. The quantitative estimate of drug-likeness (QED) is 0.521. The Morgan fingerprint density at radius 3 is 2.60 bits per heavy atom. The van der Waals surface area contributed by atoms with Crippen LogP contribution in [0.3, 0.4) is 0 Å². The number of piperazine rings is 1. The lowest BCUT2D eigenvalue weighted by Crippen LogP contribution is -2.74. The highest BCUT2D eigenvalue weighted by Crippen LogP contribution is 2.32. The van der Waals surface area contributed by atoms with Crippen molar-refractivity contribution in [2.24, 2.45) is 0 Å². The first kappa shape index (κ1) is 18.1. The standard InChI is InChI=1S/C17H29N5O3/c1-18-9-5-8-14-17(25)20(13-6-3-4-7-13)10-15-21(12-23)19(2)11-16(24)22(14)15/h12-15,18H,3-11H2,1-2H3/t14-,15?/m0/s1. The fourth-order valence-electron chi connectivity index (χ4n) is 4.44. The number of nitrogens with one attached hydrogen (secondary N) is 1. The Balaban J connectivity index is 1.87. The Bertz CT molecular complexity index is 522. The molecule has 0 bridgehead atoms. The molecule has 140 valence electrons. The summed E-state index contributed by atoms with van der Waals surface area (Å²) in [5.41, 5.74) is 0. The molecule has 8 heteroatoms. The van der Waals surface area contributed by atoms with Crippen LogP contribution in [0.15, 0.2) is 0 Å². The lowest BCUT2D eigenvalue weighted by Gasteiger charge is -2.54. The highest BCUT2D eigenvalue weighted by Gasteiger charge is 2.50. The summed E-state index contributed by atoms with van der Waals surface area (Å²) in [5, 5.41) is 6.32. The highest BCUT2D eigenvalue weighted by atomic mass is 16.2. The zero-order chi connectivity index (χ0) is 18.0. The van der Waals surface area contributed by atoms with E-state index in [0.717, 1.165) is 45.1 Å². The van der Waals surface area contributed by atoms with Gasteiger partial charge in [0.2, 0.25) is 18.2 Å². The maximum absolute atomic E-state index is 13.2. The molecule has 3 aliphatic rings. The average Bonchev–Trinajstić information content (AvgIpc) is 3.11. The zero-order valence-electron chi connectivity index (χ0n) is 15.2. The van der Waals surface area contributed by atoms with Gasteiger partial charge in [-0.25, -0.2) is 5.01 Å². The van der Waals surface area contributed by atoms with E-state index in [1.165, 1.54) is 0 Å². The van der Waals surface area contributed by atoms with E-state index in [2.05, 4.69) is 5.32 Å². The molecule has 0 spiro atoms. The van der Waals surface area contributed by atoms with Gasteiger partial charge in [0.1, 0.15) is 12.2 Å². The van der Waals surface area contributed by atoms with Crippen LogP contribution in [0.2, 0.25) is 0 Å². The van der Waals surface area contributed by atoms with Crippen LogP contribution >= 0.6 is 0 Å². The summed E-state index contributed by atoms with van der Waals surface area (Å²) in [6, 6.07) is -0.214. The van der Waals surface area contributed by atoms with E-state index in [-0.39, 0.29) is 30.6 Å². The second-order valence-electron chi connectivity index (χ2n) is 7.27. The van der Waals surface area contributed by atoms with E-state index in [1.54, 1.807) is 22.0 Å². The van der Waals surface area contributed by atoms with Gasteiger partial charge in [0.15, 0.2) is 0 Å². The number of hydrazine groups is 1. The van der Waals surface area contributed by atoms with Crippen molar-refractivity contribution in [3.05, 3.63) is 0 Å². The summed E-state index contributed by atoms with van der Waals surface area (Å²) in [4.78, 5) is 41.1. The molecule has 1 unspecified atom stereocenters. The minimum Gasteiger partial charge on any atom is -0.334 e. The third kappa shape index (κ3) is 3.37. The molecule has 25 heavy (non-hydrogen) atoms. The van der Waals surface area contributed by atoms with Crippen LogP contribution in [0.25, 0.3) is 0 Å². The molecule has 1 N–H and O–H groups in total. The Morgan fingerprint density at radius 1 is 1.24 bits per heavy atom. The Labute approximate surface area is 149 Å². The first-order valence-electron chi connectivity index (χ1n) is 9.29. The van der Waals surface area contributed by atoms with Crippen LogP contribution in [0.5, 0.6) is 0 Å². The van der Waals surface area contributed by atoms with Gasteiger partial charge in [-0.1, -0.05) is 12.8 Å². The summed E-state index contributed by atoms with van der Waals surface area (Å²) in [7, 11) is 3.63. The van der Waals surface area contributed by atoms with Crippen molar-refractivity contribution in [1.29, 1.82) is 0 Å². The molecule has 8 nitrogen and oxygen atoms in total. The third-order valence-corrected chi connectivity index (χ3v) is 5.71. The summed E-state index contributed by atoms with van der Waals surface area (Å²) >= 11 is 0. The van der Waals surface area contributed by atoms with Crippen LogP contribution in [-0.2, 0) is 14.4 Å². The molecule has 0 radical (unpaired) electrons. The van der Waals surface area contributed by atoms with Crippen molar-refractivity contribution in [2.75, 3.05) is 33.7 Å². The fraction of sp³-hybridized carbons (Fsp3) is 0.824. The first-order chi connectivity index (χ1) is 12.1. The van der Waals surface area contributed by atoms with Crippen molar-refractivity contribution in [2.45, 2.75) is 56.8 Å². The molecule has 1 aliphatic carbocycles. The highest BCUT2D eigenvalue weighted by molar-refractivity contribution is 5.90. The summed E-state index contributed by atoms with van der Waals surface area (Å²) in [6.45, 7) is 1.35. The third-order valence-electron chi connectivity index (χ3n) is 5.71. The molecule has 3 rings (SSSR count). The van der Waals surface area contributed by atoms with Crippen LogP contribution in [0.1, 0.15) is 38.5 Å². The van der Waals surface area contributed by atoms with Crippen molar-refractivity contribution in [1.82, 2.24) is 25.1 Å². The second-order valence-corrected chi connectivity index (χ2v) is 7.27. The van der Waals surface area contributed by atoms with Gasteiger partial charge in [-0.15, -0.1) is 0 Å². The monoisotopic (exact) mass is 351 g/mol. The largest absolute Gasteiger partial charge is 0.334 e. The smallest absolute Gasteiger partial charge is 0.245 e. The van der Waals surface area contributed by atoms with Gasteiger partial charge in [-0.2, -0.15) is 0 Å². The number of likely N-dealkylation sites (N-methyl/N-ethyl adjacent to an activating group) is 1. The molecule has 2 aliphatic heterocycles. The maximum atomic E-state index is 13.2. The van der Waals surface area contributed by atoms with Gasteiger partial charge in [0.05, 0.1) is 13.1 Å². The number of hydrogen-bond acceptors (Lipinski definition) is 5. The predicted molar refractivity (Wildman–Crippen MR) is 92.1 cm³/mol. The van der Waals surface area contributed by atoms with E-state index in [1.807, 2.05) is 11.9 Å². The van der Waals surface area contributed by atoms with Gasteiger partial charge in [-0.3, -0.25) is 19.4 Å². The average molecular weight is 351 g/mol. The molecule has 2 atom stereocenters. The second kappa shape index (κ2) is 7.70. The normalized spacial score (nSPS) is 28.6. The Morgan fingerprint density at radius 2 is 1.96 bits per heavy atom. The molecule has 0 aromatic heterocycles. The lowest BCUT2D eigenvalue weighted by atomic mass is 10.00. The predicted octanol–water partition coefficient (Wildman–Crippen LogP) is -0.387. The number of fused-ring (bicyclic) bond motifs is 1. The first-order valence-corrected chi connectivity index (χ1v) is 9.29. The number of carbonyl (C=O) groups excluding carboxylic acids is 3. The Kier molecular flexibility index (Phi) is 5.58. The van der Waals surface area contributed by atoms with Crippen molar-refractivity contribution < 1.29 is 14.4 Å². The van der Waals surface area contributed by atoms with Crippen LogP contribution in [0, 0.1) is 0 Å². The number of nitrogens with zero attached hydrogens (tertiary/aromatic N) is 4. The fourth-order valence-corrected chi connectivity index (χ4v) is 4.44. The topological polar surface area (TPSA) is 76.2 Å². The van der Waals surface area contributed by atoms with E-state index in [9.17, 15) is 14.4 Å². The van der Waals surface area contributed by atoms with Crippen molar-refractivity contribution in [3.63, 3.8) is 0 Å². The van der Waals surface area contributed by atoms with Gasteiger partial charge in [-0.05, 0) is 39.3 Å². The Hall–Kier alpha value is -1.67. The number of rotatable bonds is 6. The molecule has 3 amide bonds. The summed E-state index contributed by atoms with van der Waals surface area (Å²) in [5.74, 6) is -0.0116. The number of carbonyl (C=O) groups is 3. The van der Waals surface area contributed by atoms with Crippen LogP contribution in [0.4, 0.5) is 0 Å². The van der Waals surface area contributed by atoms with Gasteiger partial charge in [0, 0.05) is 13.1 Å². The van der Waals surface area contributed by atoms with Crippen LogP contribution in [-0.4, -0.2) is 90.0 Å². The lowest BCUT2D eigenvalue weighted by molar-refractivity contribution is -0.198. The molecule has 0 aromatic carbocycles. The van der Waals surface area contributed by atoms with Gasteiger partial charge in [0.25, 0.3) is 0 Å². The van der Waals surface area contributed by atoms with Crippen molar-refractivity contribution >= 4 is 18.2 Å². The van der Waals surface area contributed by atoms with E-state index in [0.29, 0.717) is 13.0 Å². The summed E-state index contributed by atoms with van der Waals surface area (Å²) < 4.78 is 0. The van der Waals surface area contributed by atoms with E-state index in [4.69, 9.17) is 0 Å². The van der Waals surface area contributed by atoms with Crippen molar-refractivity contribution in [3.8, 4) is 0 Å². The molecule has 3 fully saturated rings. The zero-order valence-corrected chi connectivity index (χ0v) is 15.2. The minimum atomic E-state index is -0.462. The molecule has 0 aromatic rings. The van der Waals surface area contributed by atoms with Gasteiger partial charge >= 0.3 is 0 Å². The molecule has 2 heterocycles. The molecule has 1 saturated carbocycles. The van der Waals surface area contributed by atoms with E-state index >= 15 is 0 Å². The van der Waals surface area contributed by atoms with Crippen LogP contribution < -0.4 is 5.32 Å². The maximum Gasteiger partial charge on any atom is 0.245 e.